The summed E-state index contributed by atoms with van der Waals surface area (Å²) in [6.07, 6.45) is 0.725. The molecular formula is C10H14O2. The zero-order chi connectivity index (χ0) is 8.97. The van der Waals surface area contributed by atoms with E-state index in [2.05, 4.69) is 0 Å². The van der Waals surface area contributed by atoms with E-state index in [0.717, 1.165) is 12.0 Å². The van der Waals surface area contributed by atoms with E-state index in [1.54, 1.807) is 12.1 Å². The van der Waals surface area contributed by atoms with Crippen molar-refractivity contribution in [3.63, 3.8) is 0 Å². The first-order valence-corrected chi connectivity index (χ1v) is 4.11. The first-order valence-electron chi connectivity index (χ1n) is 4.11. The molecular weight excluding hydrogens is 152 g/mol. The minimum atomic E-state index is 0.161. The molecule has 12 heavy (non-hydrogen) atoms. The third-order valence-electron chi connectivity index (χ3n) is 1.87. The lowest BCUT2D eigenvalue weighted by atomic mass is 10.0. The van der Waals surface area contributed by atoms with Crippen molar-refractivity contribution in [2.45, 2.75) is 13.3 Å². The monoisotopic (exact) mass is 166 g/mol. The van der Waals surface area contributed by atoms with E-state index in [-0.39, 0.29) is 12.5 Å². The van der Waals surface area contributed by atoms with Gasteiger partial charge >= 0.3 is 0 Å². The number of rotatable bonds is 3. The molecule has 1 aromatic rings. The molecule has 2 heteroatoms. The zero-order valence-corrected chi connectivity index (χ0v) is 7.20. The Morgan fingerprint density at radius 3 is 2.58 bits per heavy atom. The molecule has 2 N–H and O–H groups in total. The van der Waals surface area contributed by atoms with Crippen LogP contribution in [0.15, 0.2) is 24.3 Å². The van der Waals surface area contributed by atoms with Crippen molar-refractivity contribution >= 4 is 0 Å². The summed E-state index contributed by atoms with van der Waals surface area (Å²) in [5, 5.41) is 18.2. The van der Waals surface area contributed by atoms with Gasteiger partial charge in [-0.1, -0.05) is 25.1 Å². The lowest BCUT2D eigenvalue weighted by Crippen LogP contribution is -2.04. The molecule has 1 atom stereocenters. The van der Waals surface area contributed by atoms with Crippen LogP contribution in [0.5, 0.6) is 5.75 Å². The van der Waals surface area contributed by atoms with Crippen molar-refractivity contribution in [2.75, 3.05) is 6.61 Å². The number of phenols is 1. The van der Waals surface area contributed by atoms with Crippen LogP contribution in [-0.2, 0) is 6.42 Å². The highest BCUT2D eigenvalue weighted by Crippen LogP contribution is 2.18. The summed E-state index contributed by atoms with van der Waals surface area (Å²) in [6, 6.07) is 7.22. The highest BCUT2D eigenvalue weighted by molar-refractivity contribution is 5.31. The van der Waals surface area contributed by atoms with Crippen molar-refractivity contribution in [2.24, 2.45) is 5.92 Å². The van der Waals surface area contributed by atoms with Crippen molar-refractivity contribution in [1.82, 2.24) is 0 Å². The molecule has 0 bridgehead atoms. The molecule has 0 aromatic heterocycles. The predicted octanol–water partition coefficient (Wildman–Crippen LogP) is 1.56. The first kappa shape index (κ1) is 9.07. The quantitative estimate of drug-likeness (QED) is 0.715. The van der Waals surface area contributed by atoms with Crippen LogP contribution in [0.1, 0.15) is 12.5 Å². The van der Waals surface area contributed by atoms with Crippen molar-refractivity contribution < 1.29 is 10.2 Å². The Bertz CT molecular complexity index is 245. The Morgan fingerprint density at radius 1 is 1.33 bits per heavy atom. The van der Waals surface area contributed by atoms with Crippen LogP contribution in [0, 0.1) is 5.92 Å². The van der Waals surface area contributed by atoms with Gasteiger partial charge in [-0.2, -0.15) is 0 Å². The molecule has 66 valence electrons. The lowest BCUT2D eigenvalue weighted by molar-refractivity contribution is 0.236. The van der Waals surface area contributed by atoms with Crippen LogP contribution >= 0.6 is 0 Å². The van der Waals surface area contributed by atoms with Crippen LogP contribution in [0.2, 0.25) is 0 Å². The second-order valence-electron chi connectivity index (χ2n) is 3.12. The predicted molar refractivity (Wildman–Crippen MR) is 48.1 cm³/mol. The lowest BCUT2D eigenvalue weighted by Gasteiger charge is -2.08. The van der Waals surface area contributed by atoms with E-state index in [1.165, 1.54) is 0 Å². The van der Waals surface area contributed by atoms with Gasteiger partial charge in [0.05, 0.1) is 0 Å². The highest BCUT2D eigenvalue weighted by atomic mass is 16.3. The molecule has 0 saturated heterocycles. The molecule has 0 unspecified atom stereocenters. The fourth-order valence-electron chi connectivity index (χ4n) is 1.12. The van der Waals surface area contributed by atoms with Crippen molar-refractivity contribution in [1.29, 1.82) is 0 Å². The van der Waals surface area contributed by atoms with Crippen LogP contribution in [-0.4, -0.2) is 16.8 Å². The number of hydrogen-bond acceptors (Lipinski definition) is 2. The number of phenolic OH excluding ortho intramolecular Hbond substituents is 1. The standard InChI is InChI=1S/C10H14O2/c1-8(7-11)6-9-4-2-3-5-10(9)12/h2-5,8,11-12H,6-7H2,1H3/t8-/m0/s1. The van der Waals surface area contributed by atoms with Gasteiger partial charge in [0.1, 0.15) is 5.75 Å². The van der Waals surface area contributed by atoms with Gasteiger partial charge in [0.25, 0.3) is 0 Å². The molecule has 2 nitrogen and oxygen atoms in total. The van der Waals surface area contributed by atoms with E-state index < -0.39 is 0 Å². The molecule has 0 amide bonds. The molecule has 1 aromatic carbocycles. The maximum Gasteiger partial charge on any atom is 0.118 e. The summed E-state index contributed by atoms with van der Waals surface area (Å²) in [5.74, 6) is 0.524. The van der Waals surface area contributed by atoms with Gasteiger partial charge in [0.15, 0.2) is 0 Å². The number of benzene rings is 1. The summed E-state index contributed by atoms with van der Waals surface area (Å²) in [5.41, 5.74) is 0.902. The molecule has 0 saturated carbocycles. The molecule has 0 aliphatic carbocycles. The third-order valence-corrected chi connectivity index (χ3v) is 1.87. The van der Waals surface area contributed by atoms with Crippen LogP contribution in [0.3, 0.4) is 0 Å². The second-order valence-corrected chi connectivity index (χ2v) is 3.12. The molecule has 0 radical (unpaired) electrons. The molecule has 0 heterocycles. The Balaban J connectivity index is 2.69. The Kier molecular flexibility index (Phi) is 3.11. The SMILES string of the molecule is C[C@H](CO)Cc1ccccc1O. The molecule has 0 aliphatic heterocycles. The largest absolute Gasteiger partial charge is 0.508 e. The second kappa shape index (κ2) is 4.12. The topological polar surface area (TPSA) is 40.5 Å². The van der Waals surface area contributed by atoms with Gasteiger partial charge in [-0.25, -0.2) is 0 Å². The molecule has 0 spiro atoms. The summed E-state index contributed by atoms with van der Waals surface area (Å²) >= 11 is 0. The Labute approximate surface area is 72.5 Å². The van der Waals surface area contributed by atoms with Gasteiger partial charge in [0, 0.05) is 6.61 Å². The van der Waals surface area contributed by atoms with Gasteiger partial charge in [-0.05, 0) is 24.0 Å². The van der Waals surface area contributed by atoms with Crippen molar-refractivity contribution in [3.05, 3.63) is 29.8 Å². The fraction of sp³-hybridized carbons (Fsp3) is 0.400. The normalized spacial score (nSPS) is 12.8. The average molecular weight is 166 g/mol. The van der Waals surface area contributed by atoms with E-state index in [9.17, 15) is 5.11 Å². The minimum Gasteiger partial charge on any atom is -0.508 e. The van der Waals surface area contributed by atoms with Crippen LogP contribution < -0.4 is 0 Å². The Hall–Kier alpha value is -1.02. The fourth-order valence-corrected chi connectivity index (χ4v) is 1.12. The van der Waals surface area contributed by atoms with Gasteiger partial charge < -0.3 is 10.2 Å². The van der Waals surface area contributed by atoms with Gasteiger partial charge in [0.2, 0.25) is 0 Å². The van der Waals surface area contributed by atoms with Crippen LogP contribution in [0.25, 0.3) is 0 Å². The minimum absolute atomic E-state index is 0.161. The molecule has 0 aliphatic rings. The summed E-state index contributed by atoms with van der Waals surface area (Å²) < 4.78 is 0. The highest BCUT2D eigenvalue weighted by Gasteiger charge is 2.04. The first-order chi connectivity index (χ1) is 5.74. The zero-order valence-electron chi connectivity index (χ0n) is 7.20. The number of para-hydroxylation sites is 1. The van der Waals surface area contributed by atoms with Crippen LogP contribution in [0.4, 0.5) is 0 Å². The van der Waals surface area contributed by atoms with Gasteiger partial charge in [-0.15, -0.1) is 0 Å². The maximum atomic E-state index is 9.37. The summed E-state index contributed by atoms with van der Waals surface area (Å²) in [7, 11) is 0. The average Bonchev–Trinajstić information content (AvgIpc) is 2.09. The van der Waals surface area contributed by atoms with E-state index in [1.807, 2.05) is 19.1 Å². The van der Waals surface area contributed by atoms with Gasteiger partial charge in [-0.3, -0.25) is 0 Å². The molecule has 1 rings (SSSR count). The number of hydrogen-bond donors (Lipinski definition) is 2. The maximum absolute atomic E-state index is 9.37. The smallest absolute Gasteiger partial charge is 0.118 e. The molecule has 0 fully saturated rings. The van der Waals surface area contributed by atoms with E-state index >= 15 is 0 Å². The summed E-state index contributed by atoms with van der Waals surface area (Å²) in [6.45, 7) is 2.11. The Morgan fingerprint density at radius 2 is 2.00 bits per heavy atom. The van der Waals surface area contributed by atoms with Crippen molar-refractivity contribution in [3.8, 4) is 5.75 Å². The number of aliphatic hydroxyl groups excluding tert-OH is 1. The van der Waals surface area contributed by atoms with E-state index in [4.69, 9.17) is 5.11 Å². The van der Waals surface area contributed by atoms with E-state index in [0.29, 0.717) is 5.75 Å². The number of aromatic hydroxyl groups is 1. The third kappa shape index (κ3) is 2.24. The number of aliphatic hydroxyl groups is 1. The summed E-state index contributed by atoms with van der Waals surface area (Å²) in [4.78, 5) is 0.